The number of carbonyl (C=O) groups excluding carboxylic acids is 1. The molecule has 0 unspecified atom stereocenters. The third-order valence-electron chi connectivity index (χ3n) is 3.11. The number of nitrogens with two attached hydrogens (primary N) is 1. The lowest BCUT2D eigenvalue weighted by Gasteiger charge is -2.21. The quantitative estimate of drug-likeness (QED) is 0.840. The van der Waals surface area contributed by atoms with E-state index in [1.165, 1.54) is 23.5 Å². The molecule has 0 spiro atoms. The van der Waals surface area contributed by atoms with Crippen LogP contribution >= 0.6 is 23.5 Å². The molecule has 1 aromatic rings. The second-order valence-electron chi connectivity index (χ2n) is 4.99. The van der Waals surface area contributed by atoms with Gasteiger partial charge in [0.25, 0.3) is 5.91 Å². The Labute approximate surface area is 134 Å². The fourth-order valence-corrected chi connectivity index (χ4v) is 4.82. The zero-order chi connectivity index (χ0) is 15.1. The van der Waals surface area contributed by atoms with Gasteiger partial charge in [-0.3, -0.25) is 4.79 Å². The highest BCUT2D eigenvalue weighted by Crippen LogP contribution is 2.43. The summed E-state index contributed by atoms with van der Waals surface area (Å²) in [5.74, 6) is 3.04. The number of hydrogen-bond donors (Lipinski definition) is 2. The molecule has 1 fully saturated rings. The van der Waals surface area contributed by atoms with E-state index in [1.807, 2.05) is 42.6 Å². The first kappa shape index (κ1) is 16.5. The molecule has 0 radical (unpaired) electrons. The average molecular weight is 326 g/mol. The molecule has 1 amide bonds. The summed E-state index contributed by atoms with van der Waals surface area (Å²) < 4.78 is 6.02. The van der Waals surface area contributed by atoms with Crippen molar-refractivity contribution in [3.8, 4) is 5.75 Å². The van der Waals surface area contributed by atoms with Crippen LogP contribution in [-0.2, 0) is 4.79 Å². The maximum atomic E-state index is 11.6. The molecule has 2 rings (SSSR count). The zero-order valence-electron chi connectivity index (χ0n) is 12.2. The molecule has 0 saturated carbocycles. The first-order valence-electron chi connectivity index (χ1n) is 7.14. The third kappa shape index (κ3) is 5.45. The molecule has 1 aliphatic heterocycles. The third-order valence-corrected chi connectivity index (χ3v) is 6.13. The summed E-state index contributed by atoms with van der Waals surface area (Å²) in [6.07, 6.45) is 1.30. The van der Waals surface area contributed by atoms with E-state index in [2.05, 4.69) is 17.4 Å². The molecule has 0 bridgehead atoms. The Kier molecular flexibility index (Phi) is 6.73. The van der Waals surface area contributed by atoms with Crippen LogP contribution in [0.2, 0.25) is 0 Å². The van der Waals surface area contributed by atoms with Crippen molar-refractivity contribution in [2.75, 3.05) is 24.7 Å². The lowest BCUT2D eigenvalue weighted by Crippen LogP contribution is -2.40. The lowest BCUT2D eigenvalue weighted by molar-refractivity contribution is -0.123. The van der Waals surface area contributed by atoms with Crippen LogP contribution in [0.15, 0.2) is 24.3 Å². The number of ether oxygens (including phenoxy) is 1. The number of amides is 1. The van der Waals surface area contributed by atoms with Crippen molar-refractivity contribution in [2.24, 2.45) is 5.73 Å². The summed E-state index contributed by atoms with van der Waals surface area (Å²) in [5, 5.41) is 2.77. The fraction of sp³-hybridized carbons (Fsp3) is 0.533. The van der Waals surface area contributed by atoms with Gasteiger partial charge in [-0.25, -0.2) is 0 Å². The van der Waals surface area contributed by atoms with Gasteiger partial charge >= 0.3 is 0 Å². The van der Waals surface area contributed by atoms with Crippen molar-refractivity contribution in [1.29, 1.82) is 0 Å². The van der Waals surface area contributed by atoms with Crippen molar-refractivity contribution in [1.82, 2.24) is 5.32 Å². The molecule has 6 heteroatoms. The fourth-order valence-electron chi connectivity index (χ4n) is 1.93. The van der Waals surface area contributed by atoms with E-state index in [4.69, 9.17) is 10.5 Å². The molecule has 1 aromatic carbocycles. The predicted octanol–water partition coefficient (Wildman–Crippen LogP) is 2.40. The van der Waals surface area contributed by atoms with Gasteiger partial charge in [-0.1, -0.05) is 12.1 Å². The van der Waals surface area contributed by atoms with Gasteiger partial charge in [0.1, 0.15) is 5.75 Å². The molecular formula is C15H22N2O2S2. The van der Waals surface area contributed by atoms with Gasteiger partial charge in [-0.15, -0.1) is 23.5 Å². The van der Waals surface area contributed by atoms with Crippen LogP contribution in [0, 0.1) is 0 Å². The van der Waals surface area contributed by atoms with Crippen LogP contribution < -0.4 is 15.8 Å². The molecule has 3 N–H and O–H groups in total. The second kappa shape index (κ2) is 8.56. The van der Waals surface area contributed by atoms with Crippen molar-refractivity contribution in [3.05, 3.63) is 29.8 Å². The Balaban J connectivity index is 1.80. The summed E-state index contributed by atoms with van der Waals surface area (Å²) >= 11 is 3.99. The highest BCUT2D eigenvalue weighted by Gasteiger charge is 2.16. The van der Waals surface area contributed by atoms with E-state index < -0.39 is 0 Å². The summed E-state index contributed by atoms with van der Waals surface area (Å²) in [6.45, 7) is 2.32. The SMILES string of the molecule is C[C@@H](CN)NC(=O)COc1ccc(C2SCCCS2)cc1. The minimum atomic E-state index is -0.143. The number of hydrogen-bond acceptors (Lipinski definition) is 5. The highest BCUT2D eigenvalue weighted by molar-refractivity contribution is 8.16. The average Bonchev–Trinajstić information content (AvgIpc) is 2.54. The number of rotatable bonds is 6. The Hall–Kier alpha value is -0.850. The van der Waals surface area contributed by atoms with E-state index in [0.29, 0.717) is 11.1 Å². The largest absolute Gasteiger partial charge is 0.484 e. The minimum absolute atomic E-state index is 0.0242. The van der Waals surface area contributed by atoms with E-state index in [1.54, 1.807) is 0 Å². The van der Waals surface area contributed by atoms with Crippen LogP contribution in [-0.4, -0.2) is 36.6 Å². The Morgan fingerprint density at radius 3 is 2.67 bits per heavy atom. The van der Waals surface area contributed by atoms with Crippen LogP contribution in [0.3, 0.4) is 0 Å². The summed E-state index contributed by atoms with van der Waals surface area (Å²) in [5.41, 5.74) is 6.77. The molecule has 0 aliphatic carbocycles. The molecule has 0 aromatic heterocycles. The van der Waals surface area contributed by atoms with Crippen LogP contribution in [0.5, 0.6) is 5.75 Å². The van der Waals surface area contributed by atoms with Crippen LogP contribution in [0.25, 0.3) is 0 Å². The number of carbonyl (C=O) groups is 1. The van der Waals surface area contributed by atoms with E-state index in [9.17, 15) is 4.79 Å². The van der Waals surface area contributed by atoms with E-state index >= 15 is 0 Å². The van der Waals surface area contributed by atoms with Gasteiger partial charge < -0.3 is 15.8 Å². The van der Waals surface area contributed by atoms with Crippen molar-refractivity contribution >= 4 is 29.4 Å². The van der Waals surface area contributed by atoms with Gasteiger partial charge in [0.2, 0.25) is 0 Å². The monoisotopic (exact) mass is 326 g/mol. The van der Waals surface area contributed by atoms with Crippen LogP contribution in [0.4, 0.5) is 0 Å². The number of thioether (sulfide) groups is 2. The summed E-state index contributed by atoms with van der Waals surface area (Å²) in [4.78, 5) is 11.6. The molecule has 116 valence electrons. The van der Waals surface area contributed by atoms with E-state index in [0.717, 1.165) is 5.75 Å². The van der Waals surface area contributed by atoms with Gasteiger partial charge in [-0.05, 0) is 42.5 Å². The van der Waals surface area contributed by atoms with Crippen LogP contribution in [0.1, 0.15) is 23.5 Å². The standard InChI is InChI=1S/C15H22N2O2S2/c1-11(9-16)17-14(18)10-19-13-5-3-12(4-6-13)15-20-7-2-8-21-15/h3-6,11,15H,2,7-10,16H2,1H3,(H,17,18)/t11-/m0/s1. The summed E-state index contributed by atoms with van der Waals surface area (Å²) in [6, 6.07) is 8.02. The van der Waals surface area contributed by atoms with Crippen molar-refractivity contribution < 1.29 is 9.53 Å². The topological polar surface area (TPSA) is 64.3 Å². The van der Waals surface area contributed by atoms with Crippen molar-refractivity contribution in [3.63, 3.8) is 0 Å². The lowest BCUT2D eigenvalue weighted by atomic mass is 10.2. The summed E-state index contributed by atoms with van der Waals surface area (Å²) in [7, 11) is 0. The minimum Gasteiger partial charge on any atom is -0.484 e. The van der Waals surface area contributed by atoms with Gasteiger partial charge in [-0.2, -0.15) is 0 Å². The van der Waals surface area contributed by atoms with Gasteiger partial charge in [0, 0.05) is 12.6 Å². The first-order valence-corrected chi connectivity index (χ1v) is 9.24. The first-order chi connectivity index (χ1) is 10.2. The predicted molar refractivity (Wildman–Crippen MR) is 90.9 cm³/mol. The number of benzene rings is 1. The Bertz CT molecular complexity index is 447. The normalized spacial score (nSPS) is 17.2. The smallest absolute Gasteiger partial charge is 0.258 e. The molecular weight excluding hydrogens is 304 g/mol. The molecule has 1 aliphatic rings. The second-order valence-corrected chi connectivity index (χ2v) is 7.71. The molecule has 1 atom stereocenters. The van der Waals surface area contributed by atoms with Gasteiger partial charge in [0.05, 0.1) is 4.58 Å². The maximum absolute atomic E-state index is 11.6. The molecule has 4 nitrogen and oxygen atoms in total. The maximum Gasteiger partial charge on any atom is 0.258 e. The van der Waals surface area contributed by atoms with Crippen molar-refractivity contribution in [2.45, 2.75) is 24.0 Å². The number of nitrogens with one attached hydrogen (secondary N) is 1. The zero-order valence-corrected chi connectivity index (χ0v) is 13.8. The highest BCUT2D eigenvalue weighted by atomic mass is 32.2. The molecule has 1 heterocycles. The molecule has 1 saturated heterocycles. The Morgan fingerprint density at radius 2 is 2.05 bits per heavy atom. The van der Waals surface area contributed by atoms with E-state index in [-0.39, 0.29) is 18.6 Å². The molecule has 21 heavy (non-hydrogen) atoms. The Morgan fingerprint density at radius 1 is 1.38 bits per heavy atom. The van der Waals surface area contributed by atoms with Gasteiger partial charge in [0.15, 0.2) is 6.61 Å².